The second-order valence-electron chi connectivity index (χ2n) is 5.35. The lowest BCUT2D eigenvalue weighted by molar-refractivity contribution is 0.207. The Morgan fingerprint density at radius 1 is 1.23 bits per heavy atom. The number of nitrogens with zero attached hydrogens (tertiary/aromatic N) is 1. The van der Waals surface area contributed by atoms with Crippen LogP contribution in [-0.2, 0) is 0 Å². The zero-order valence-electron chi connectivity index (χ0n) is 11.9. The van der Waals surface area contributed by atoms with Gasteiger partial charge in [0, 0.05) is 17.3 Å². The highest BCUT2D eigenvalue weighted by atomic mass is 35.5. The van der Waals surface area contributed by atoms with Crippen LogP contribution < -0.4 is 5.32 Å². The number of rotatable bonds is 2. The van der Waals surface area contributed by atoms with Crippen molar-refractivity contribution in [2.24, 2.45) is 0 Å². The van der Waals surface area contributed by atoms with Crippen LogP contribution in [-0.4, -0.2) is 17.5 Å². The molecule has 1 saturated heterocycles. The molecule has 5 heteroatoms. The van der Waals surface area contributed by atoms with Gasteiger partial charge >= 0.3 is 6.03 Å². The van der Waals surface area contributed by atoms with Gasteiger partial charge in [-0.1, -0.05) is 29.8 Å². The number of likely N-dealkylation sites (tertiary alicyclic amines) is 1. The van der Waals surface area contributed by atoms with Gasteiger partial charge in [0.15, 0.2) is 0 Å². The Morgan fingerprint density at radius 3 is 2.82 bits per heavy atom. The average Bonchev–Trinajstić information content (AvgIpc) is 2.97. The van der Waals surface area contributed by atoms with Gasteiger partial charge in [0.05, 0.1) is 6.04 Å². The molecule has 114 valence electrons. The Kier molecular flexibility index (Phi) is 4.29. The van der Waals surface area contributed by atoms with E-state index < -0.39 is 0 Å². The molecule has 3 rings (SSSR count). The number of carbonyl (C=O) groups is 1. The Morgan fingerprint density at radius 2 is 2.05 bits per heavy atom. The maximum Gasteiger partial charge on any atom is 0.322 e. The summed E-state index contributed by atoms with van der Waals surface area (Å²) in [6.45, 7) is 0.660. The number of urea groups is 1. The Bertz CT molecular complexity index is 692. The monoisotopic (exact) mass is 318 g/mol. The van der Waals surface area contributed by atoms with E-state index in [0.717, 1.165) is 18.4 Å². The normalized spacial score (nSPS) is 17.5. The Labute approximate surface area is 133 Å². The van der Waals surface area contributed by atoms with Crippen molar-refractivity contribution in [3.63, 3.8) is 0 Å². The number of anilines is 1. The van der Waals surface area contributed by atoms with Gasteiger partial charge in [0.25, 0.3) is 0 Å². The maximum atomic E-state index is 13.4. The molecule has 1 fully saturated rings. The lowest BCUT2D eigenvalue weighted by atomic mass is 10.0. The first-order valence-electron chi connectivity index (χ1n) is 7.22. The fourth-order valence-electron chi connectivity index (χ4n) is 2.83. The minimum atomic E-state index is -0.278. The molecule has 0 unspecified atom stereocenters. The summed E-state index contributed by atoms with van der Waals surface area (Å²) < 4.78 is 13.4. The van der Waals surface area contributed by atoms with Crippen LogP contribution in [0.1, 0.15) is 24.4 Å². The third-order valence-electron chi connectivity index (χ3n) is 3.82. The quantitative estimate of drug-likeness (QED) is 0.843. The lowest BCUT2D eigenvalue weighted by Crippen LogP contribution is -2.34. The number of carbonyl (C=O) groups excluding carboxylic acids is 1. The summed E-state index contributed by atoms with van der Waals surface area (Å²) in [6, 6.07) is 13.2. The fraction of sp³-hybridized carbons (Fsp3) is 0.235. The van der Waals surface area contributed by atoms with Crippen LogP contribution in [0, 0.1) is 5.82 Å². The van der Waals surface area contributed by atoms with Crippen molar-refractivity contribution in [1.29, 1.82) is 0 Å². The molecule has 22 heavy (non-hydrogen) atoms. The van der Waals surface area contributed by atoms with Crippen LogP contribution >= 0.6 is 11.6 Å². The number of nitrogens with one attached hydrogen (secondary N) is 1. The SMILES string of the molecule is O=C(Nc1cccc(Cl)c1)N1CCC[C@H]1c1cccc(F)c1. The van der Waals surface area contributed by atoms with Crippen molar-refractivity contribution in [1.82, 2.24) is 4.90 Å². The number of amides is 2. The highest BCUT2D eigenvalue weighted by Crippen LogP contribution is 2.32. The van der Waals surface area contributed by atoms with E-state index in [4.69, 9.17) is 11.6 Å². The molecule has 0 radical (unpaired) electrons. The van der Waals surface area contributed by atoms with Gasteiger partial charge in [-0.05, 0) is 48.7 Å². The van der Waals surface area contributed by atoms with E-state index in [-0.39, 0.29) is 17.9 Å². The topological polar surface area (TPSA) is 32.3 Å². The Balaban J connectivity index is 1.76. The molecule has 0 aliphatic carbocycles. The minimum absolute atomic E-state index is 0.0881. The van der Waals surface area contributed by atoms with E-state index in [9.17, 15) is 9.18 Å². The van der Waals surface area contributed by atoms with Crippen molar-refractivity contribution < 1.29 is 9.18 Å². The zero-order chi connectivity index (χ0) is 15.5. The summed E-state index contributed by atoms with van der Waals surface area (Å²) in [7, 11) is 0. The second-order valence-corrected chi connectivity index (χ2v) is 5.78. The number of hydrogen-bond acceptors (Lipinski definition) is 1. The second kappa shape index (κ2) is 6.36. The lowest BCUT2D eigenvalue weighted by Gasteiger charge is -2.25. The standard InChI is InChI=1S/C17H16ClFN2O/c18-13-5-2-7-15(11-13)20-17(22)21-9-3-8-16(21)12-4-1-6-14(19)10-12/h1-2,4-7,10-11,16H,3,8-9H2,(H,20,22)/t16-/m0/s1. The van der Waals surface area contributed by atoms with Gasteiger partial charge in [-0.25, -0.2) is 9.18 Å². The van der Waals surface area contributed by atoms with Gasteiger partial charge in [-0.2, -0.15) is 0 Å². The first-order chi connectivity index (χ1) is 10.6. The van der Waals surface area contributed by atoms with Gasteiger partial charge in [-0.15, -0.1) is 0 Å². The van der Waals surface area contributed by atoms with Crippen LogP contribution in [0.15, 0.2) is 48.5 Å². The summed E-state index contributed by atoms with van der Waals surface area (Å²) in [4.78, 5) is 14.2. The molecule has 2 aromatic carbocycles. The van der Waals surface area contributed by atoms with Crippen molar-refractivity contribution in [2.75, 3.05) is 11.9 Å². The van der Waals surface area contributed by atoms with Gasteiger partial charge in [0.1, 0.15) is 5.82 Å². The predicted octanol–water partition coefficient (Wildman–Crippen LogP) is 4.85. The molecule has 1 aliphatic heterocycles. The number of benzene rings is 2. The van der Waals surface area contributed by atoms with E-state index in [2.05, 4.69) is 5.32 Å². The van der Waals surface area contributed by atoms with Crippen LogP contribution in [0.2, 0.25) is 5.02 Å². The van der Waals surface area contributed by atoms with E-state index in [1.807, 2.05) is 6.07 Å². The molecule has 0 aromatic heterocycles. The van der Waals surface area contributed by atoms with Crippen LogP contribution in [0.4, 0.5) is 14.9 Å². The summed E-state index contributed by atoms with van der Waals surface area (Å²) >= 11 is 5.92. The first kappa shape index (κ1) is 14.9. The molecule has 3 nitrogen and oxygen atoms in total. The highest BCUT2D eigenvalue weighted by Gasteiger charge is 2.30. The van der Waals surface area contributed by atoms with Crippen molar-refractivity contribution in [3.05, 3.63) is 64.9 Å². The molecule has 2 amide bonds. The molecular formula is C17H16ClFN2O. The van der Waals surface area contributed by atoms with Crippen LogP contribution in [0.5, 0.6) is 0 Å². The molecule has 2 aromatic rings. The van der Waals surface area contributed by atoms with Crippen molar-refractivity contribution >= 4 is 23.3 Å². The molecule has 1 N–H and O–H groups in total. The van der Waals surface area contributed by atoms with E-state index in [1.54, 1.807) is 35.2 Å². The van der Waals surface area contributed by atoms with Crippen molar-refractivity contribution in [3.8, 4) is 0 Å². The average molecular weight is 319 g/mol. The highest BCUT2D eigenvalue weighted by molar-refractivity contribution is 6.30. The summed E-state index contributed by atoms with van der Waals surface area (Å²) in [5.41, 5.74) is 1.49. The molecule has 1 aliphatic rings. The molecule has 1 heterocycles. The zero-order valence-corrected chi connectivity index (χ0v) is 12.7. The van der Waals surface area contributed by atoms with E-state index in [1.165, 1.54) is 12.1 Å². The minimum Gasteiger partial charge on any atom is -0.317 e. The summed E-state index contributed by atoms with van der Waals surface area (Å²) in [6.07, 6.45) is 1.75. The molecule has 0 spiro atoms. The molecular weight excluding hydrogens is 303 g/mol. The molecule has 0 saturated carbocycles. The first-order valence-corrected chi connectivity index (χ1v) is 7.60. The van der Waals surface area contributed by atoms with E-state index in [0.29, 0.717) is 17.3 Å². The number of hydrogen-bond donors (Lipinski definition) is 1. The van der Waals surface area contributed by atoms with Crippen LogP contribution in [0.3, 0.4) is 0 Å². The summed E-state index contributed by atoms with van der Waals surface area (Å²) in [5.74, 6) is -0.278. The summed E-state index contributed by atoms with van der Waals surface area (Å²) in [5, 5.41) is 3.42. The number of halogens is 2. The van der Waals surface area contributed by atoms with Gasteiger partial charge < -0.3 is 10.2 Å². The smallest absolute Gasteiger partial charge is 0.317 e. The Hall–Kier alpha value is -2.07. The predicted molar refractivity (Wildman–Crippen MR) is 85.6 cm³/mol. The molecule has 0 bridgehead atoms. The largest absolute Gasteiger partial charge is 0.322 e. The fourth-order valence-corrected chi connectivity index (χ4v) is 3.02. The third-order valence-corrected chi connectivity index (χ3v) is 4.06. The van der Waals surface area contributed by atoms with Gasteiger partial charge in [-0.3, -0.25) is 0 Å². The van der Waals surface area contributed by atoms with Crippen LogP contribution in [0.25, 0.3) is 0 Å². The maximum absolute atomic E-state index is 13.4. The third kappa shape index (κ3) is 3.22. The van der Waals surface area contributed by atoms with Crippen molar-refractivity contribution in [2.45, 2.75) is 18.9 Å². The molecule has 1 atom stereocenters. The van der Waals surface area contributed by atoms with Gasteiger partial charge in [0.2, 0.25) is 0 Å². The van der Waals surface area contributed by atoms with E-state index >= 15 is 0 Å².